The summed E-state index contributed by atoms with van der Waals surface area (Å²) in [6.07, 6.45) is 0.895. The van der Waals surface area contributed by atoms with Gasteiger partial charge in [0.2, 0.25) is 10.0 Å². The van der Waals surface area contributed by atoms with Gasteiger partial charge in [-0.2, -0.15) is 4.31 Å². The Labute approximate surface area is 109 Å². The van der Waals surface area contributed by atoms with Crippen LogP contribution in [0.1, 0.15) is 26.3 Å². The summed E-state index contributed by atoms with van der Waals surface area (Å²) in [7, 11) is -3.37. The molecule has 0 spiro atoms. The second-order valence-electron chi connectivity index (χ2n) is 4.80. The van der Waals surface area contributed by atoms with Crippen LogP contribution in [0.3, 0.4) is 0 Å². The molecule has 0 radical (unpaired) electrons. The fourth-order valence-corrected chi connectivity index (χ4v) is 4.09. The van der Waals surface area contributed by atoms with Crippen molar-refractivity contribution in [2.45, 2.75) is 38.1 Å². The molecule has 0 fully saturated rings. The fraction of sp³-hybridized carbons (Fsp3) is 0.538. The third-order valence-electron chi connectivity index (χ3n) is 3.28. The Morgan fingerprint density at radius 1 is 1.39 bits per heavy atom. The van der Waals surface area contributed by atoms with Gasteiger partial charge in [0.05, 0.1) is 4.90 Å². The lowest BCUT2D eigenvalue weighted by Gasteiger charge is -2.24. The van der Waals surface area contributed by atoms with Crippen LogP contribution < -0.4 is 5.32 Å². The van der Waals surface area contributed by atoms with Crippen LogP contribution in [0.15, 0.2) is 23.1 Å². The molecule has 2 rings (SSSR count). The van der Waals surface area contributed by atoms with Gasteiger partial charge in [-0.3, -0.25) is 0 Å². The smallest absolute Gasteiger partial charge is 0.243 e. The van der Waals surface area contributed by atoms with E-state index in [1.165, 1.54) is 4.31 Å². The zero-order chi connectivity index (χ0) is 13.3. The molecular formula is C13H20N2O2S. The Morgan fingerprint density at radius 3 is 2.72 bits per heavy atom. The summed E-state index contributed by atoms with van der Waals surface area (Å²) in [6, 6.07) is 5.34. The summed E-state index contributed by atoms with van der Waals surface area (Å²) in [4.78, 5) is 0.403. The molecule has 0 amide bonds. The number of nitrogens with zero attached hydrogens (tertiary/aromatic N) is 1. The lowest BCUT2D eigenvalue weighted by molar-refractivity contribution is 0.369. The Hall–Kier alpha value is -1.07. The molecule has 0 saturated carbocycles. The van der Waals surface area contributed by atoms with Gasteiger partial charge in [0, 0.05) is 24.8 Å². The highest BCUT2D eigenvalue weighted by Crippen LogP contribution is 2.27. The van der Waals surface area contributed by atoms with Crippen molar-refractivity contribution < 1.29 is 8.42 Å². The van der Waals surface area contributed by atoms with E-state index in [1.807, 2.05) is 26.8 Å². The Bertz CT molecular complexity index is 538. The van der Waals surface area contributed by atoms with Crippen LogP contribution >= 0.6 is 0 Å². The molecule has 4 nitrogen and oxygen atoms in total. The zero-order valence-corrected chi connectivity index (χ0v) is 11.9. The van der Waals surface area contributed by atoms with Crippen molar-refractivity contribution in [2.75, 3.05) is 18.4 Å². The van der Waals surface area contributed by atoms with Gasteiger partial charge < -0.3 is 5.32 Å². The van der Waals surface area contributed by atoms with E-state index in [2.05, 4.69) is 5.32 Å². The first kappa shape index (κ1) is 13.4. The minimum atomic E-state index is -3.37. The van der Waals surface area contributed by atoms with E-state index in [4.69, 9.17) is 0 Å². The molecule has 1 N–H and O–H groups in total. The van der Waals surface area contributed by atoms with Crippen LogP contribution in [0.5, 0.6) is 0 Å². The van der Waals surface area contributed by atoms with E-state index in [9.17, 15) is 8.42 Å². The molecule has 0 aliphatic carbocycles. The first-order chi connectivity index (χ1) is 8.46. The standard InChI is InChI=1S/C13H20N2O2S/c1-4-15(10(2)3)18(16,17)12-5-6-13-11(9-12)7-8-14-13/h5-6,9-10,14H,4,7-8H2,1-3H3. The Morgan fingerprint density at radius 2 is 2.11 bits per heavy atom. The highest BCUT2D eigenvalue weighted by Gasteiger charge is 2.26. The average molecular weight is 268 g/mol. The van der Waals surface area contributed by atoms with E-state index in [-0.39, 0.29) is 6.04 Å². The lowest BCUT2D eigenvalue weighted by atomic mass is 10.2. The normalized spacial score (nSPS) is 14.9. The maximum Gasteiger partial charge on any atom is 0.243 e. The number of anilines is 1. The zero-order valence-electron chi connectivity index (χ0n) is 11.1. The molecule has 0 unspecified atom stereocenters. The minimum absolute atomic E-state index is 0.0219. The number of fused-ring (bicyclic) bond motifs is 1. The van der Waals surface area contributed by atoms with Gasteiger partial charge in [0.25, 0.3) is 0 Å². The van der Waals surface area contributed by atoms with Crippen LogP contribution in [0.2, 0.25) is 0 Å². The molecule has 0 atom stereocenters. The number of hydrogen-bond donors (Lipinski definition) is 1. The summed E-state index contributed by atoms with van der Waals surface area (Å²) >= 11 is 0. The van der Waals surface area contributed by atoms with Crippen LogP contribution in [0.25, 0.3) is 0 Å². The van der Waals surface area contributed by atoms with Crippen molar-refractivity contribution in [1.82, 2.24) is 4.31 Å². The van der Waals surface area contributed by atoms with Crippen LogP contribution in [0, 0.1) is 0 Å². The van der Waals surface area contributed by atoms with Gasteiger partial charge in [-0.1, -0.05) is 6.92 Å². The molecule has 1 heterocycles. The Balaban J connectivity index is 2.41. The summed E-state index contributed by atoms with van der Waals surface area (Å²) in [5.41, 5.74) is 2.15. The van der Waals surface area contributed by atoms with Crippen molar-refractivity contribution in [3.63, 3.8) is 0 Å². The minimum Gasteiger partial charge on any atom is -0.384 e. The predicted octanol–water partition coefficient (Wildman–Crippen LogP) is 2.07. The second kappa shape index (κ2) is 4.90. The molecule has 18 heavy (non-hydrogen) atoms. The number of hydrogen-bond acceptors (Lipinski definition) is 3. The van der Waals surface area contributed by atoms with Crippen LogP contribution in [0.4, 0.5) is 5.69 Å². The topological polar surface area (TPSA) is 49.4 Å². The van der Waals surface area contributed by atoms with E-state index in [0.717, 1.165) is 24.2 Å². The number of benzene rings is 1. The van der Waals surface area contributed by atoms with Crippen molar-refractivity contribution in [3.05, 3.63) is 23.8 Å². The number of nitrogens with one attached hydrogen (secondary N) is 1. The van der Waals surface area contributed by atoms with Gasteiger partial charge in [-0.25, -0.2) is 8.42 Å². The van der Waals surface area contributed by atoms with Crippen LogP contribution in [-0.2, 0) is 16.4 Å². The first-order valence-electron chi connectivity index (χ1n) is 6.35. The van der Waals surface area contributed by atoms with Crippen LogP contribution in [-0.4, -0.2) is 31.9 Å². The summed E-state index contributed by atoms with van der Waals surface area (Å²) in [5.74, 6) is 0. The van der Waals surface area contributed by atoms with Gasteiger partial charge >= 0.3 is 0 Å². The van der Waals surface area contributed by atoms with Crippen molar-refractivity contribution in [1.29, 1.82) is 0 Å². The third-order valence-corrected chi connectivity index (χ3v) is 5.43. The van der Waals surface area contributed by atoms with Gasteiger partial charge in [-0.15, -0.1) is 0 Å². The molecule has 1 aliphatic rings. The molecule has 100 valence electrons. The van der Waals surface area contributed by atoms with E-state index >= 15 is 0 Å². The van der Waals surface area contributed by atoms with E-state index < -0.39 is 10.0 Å². The molecule has 1 aliphatic heterocycles. The average Bonchev–Trinajstić information content (AvgIpc) is 2.75. The first-order valence-corrected chi connectivity index (χ1v) is 7.79. The summed E-state index contributed by atoms with van der Waals surface area (Å²) in [5, 5.41) is 3.24. The largest absolute Gasteiger partial charge is 0.384 e. The fourth-order valence-electron chi connectivity index (χ4n) is 2.39. The molecule has 1 aromatic carbocycles. The maximum absolute atomic E-state index is 12.5. The SMILES string of the molecule is CCN(C(C)C)S(=O)(=O)c1ccc2c(c1)CCN2. The molecular weight excluding hydrogens is 248 g/mol. The monoisotopic (exact) mass is 268 g/mol. The predicted molar refractivity (Wildman–Crippen MR) is 73.3 cm³/mol. The number of sulfonamides is 1. The van der Waals surface area contributed by atoms with Gasteiger partial charge in [-0.05, 0) is 44.0 Å². The number of rotatable bonds is 4. The molecule has 0 aromatic heterocycles. The summed E-state index contributed by atoms with van der Waals surface area (Å²) in [6.45, 7) is 7.05. The Kier molecular flexibility index (Phi) is 3.64. The van der Waals surface area contributed by atoms with Crippen molar-refractivity contribution in [2.24, 2.45) is 0 Å². The van der Waals surface area contributed by atoms with Gasteiger partial charge in [0.15, 0.2) is 0 Å². The molecule has 1 aromatic rings. The van der Waals surface area contributed by atoms with Crippen molar-refractivity contribution in [3.8, 4) is 0 Å². The third kappa shape index (κ3) is 2.24. The maximum atomic E-state index is 12.5. The molecule has 0 saturated heterocycles. The highest BCUT2D eigenvalue weighted by atomic mass is 32.2. The highest BCUT2D eigenvalue weighted by molar-refractivity contribution is 7.89. The second-order valence-corrected chi connectivity index (χ2v) is 6.69. The quantitative estimate of drug-likeness (QED) is 0.909. The lowest BCUT2D eigenvalue weighted by Crippen LogP contribution is -2.36. The summed E-state index contributed by atoms with van der Waals surface area (Å²) < 4.78 is 26.5. The van der Waals surface area contributed by atoms with E-state index in [0.29, 0.717) is 11.4 Å². The van der Waals surface area contributed by atoms with E-state index in [1.54, 1.807) is 12.1 Å². The van der Waals surface area contributed by atoms with Crippen molar-refractivity contribution >= 4 is 15.7 Å². The van der Waals surface area contributed by atoms with Gasteiger partial charge in [0.1, 0.15) is 0 Å². The molecule has 0 bridgehead atoms. The molecule has 5 heteroatoms.